The molecule has 2 aromatic carbocycles. The molecular weight excluding hydrogens is 262 g/mol. The zero-order chi connectivity index (χ0) is 14.7. The van der Waals surface area contributed by atoms with Crippen LogP contribution in [0.15, 0.2) is 54.6 Å². The molecule has 21 heavy (non-hydrogen) atoms. The fourth-order valence-corrected chi connectivity index (χ4v) is 2.99. The molecule has 1 aliphatic rings. The van der Waals surface area contributed by atoms with Crippen LogP contribution < -0.4 is 0 Å². The fourth-order valence-electron chi connectivity index (χ4n) is 2.99. The van der Waals surface area contributed by atoms with Gasteiger partial charge in [0.05, 0.1) is 7.11 Å². The molecule has 0 fully saturated rings. The molecule has 0 spiro atoms. The molecule has 0 amide bonds. The number of carbonyl (C=O) groups is 1. The van der Waals surface area contributed by atoms with Crippen LogP contribution in [0.1, 0.15) is 22.7 Å². The van der Waals surface area contributed by atoms with Crippen molar-refractivity contribution in [2.24, 2.45) is 0 Å². The first-order valence-corrected chi connectivity index (χ1v) is 7.23. The highest BCUT2D eigenvalue weighted by molar-refractivity contribution is 5.78. The minimum Gasteiger partial charge on any atom is -0.468 e. The largest absolute Gasteiger partial charge is 0.468 e. The van der Waals surface area contributed by atoms with Crippen LogP contribution in [0.5, 0.6) is 0 Å². The van der Waals surface area contributed by atoms with E-state index in [-0.39, 0.29) is 12.0 Å². The topological polar surface area (TPSA) is 29.5 Å². The van der Waals surface area contributed by atoms with Crippen LogP contribution in [0.2, 0.25) is 0 Å². The van der Waals surface area contributed by atoms with E-state index in [9.17, 15) is 4.79 Å². The van der Waals surface area contributed by atoms with E-state index in [1.165, 1.54) is 18.2 Å². The van der Waals surface area contributed by atoms with E-state index in [1.807, 2.05) is 36.4 Å². The highest BCUT2D eigenvalue weighted by atomic mass is 16.5. The molecule has 1 atom stereocenters. The quantitative estimate of drug-likeness (QED) is 0.810. The van der Waals surface area contributed by atoms with Crippen molar-refractivity contribution in [2.75, 3.05) is 13.7 Å². The molecule has 3 rings (SSSR count). The summed E-state index contributed by atoms with van der Waals surface area (Å²) in [4.78, 5) is 14.5. The van der Waals surface area contributed by atoms with Gasteiger partial charge in [0.15, 0.2) is 0 Å². The zero-order valence-electron chi connectivity index (χ0n) is 12.2. The maximum atomic E-state index is 12.3. The van der Waals surface area contributed by atoms with Crippen molar-refractivity contribution < 1.29 is 9.53 Å². The number of nitrogens with zero attached hydrogens (tertiary/aromatic N) is 1. The van der Waals surface area contributed by atoms with Crippen LogP contribution in [0.25, 0.3) is 0 Å². The summed E-state index contributed by atoms with van der Waals surface area (Å²) in [5.74, 6) is -0.182. The molecule has 0 saturated heterocycles. The van der Waals surface area contributed by atoms with Gasteiger partial charge in [-0.2, -0.15) is 0 Å². The summed E-state index contributed by atoms with van der Waals surface area (Å²) in [6.07, 6.45) is 0.969. The molecule has 0 radical (unpaired) electrons. The Labute approximate surface area is 125 Å². The van der Waals surface area contributed by atoms with E-state index < -0.39 is 0 Å². The molecule has 2 aromatic rings. The van der Waals surface area contributed by atoms with Gasteiger partial charge in [-0.05, 0) is 23.1 Å². The van der Waals surface area contributed by atoms with Crippen molar-refractivity contribution in [3.63, 3.8) is 0 Å². The van der Waals surface area contributed by atoms with Gasteiger partial charge in [-0.25, -0.2) is 4.79 Å². The third-order valence-corrected chi connectivity index (χ3v) is 4.04. The van der Waals surface area contributed by atoms with E-state index in [2.05, 4.69) is 23.1 Å². The van der Waals surface area contributed by atoms with E-state index in [4.69, 9.17) is 4.74 Å². The SMILES string of the molecule is COC(=O)C1c2ccccc2CCN1Cc1ccccc1. The van der Waals surface area contributed by atoms with Crippen molar-refractivity contribution in [3.05, 3.63) is 71.3 Å². The van der Waals surface area contributed by atoms with Crippen LogP contribution in [0.4, 0.5) is 0 Å². The molecule has 0 bridgehead atoms. The number of fused-ring (bicyclic) bond motifs is 1. The van der Waals surface area contributed by atoms with Crippen LogP contribution in [0, 0.1) is 0 Å². The first-order chi connectivity index (χ1) is 10.3. The first kappa shape index (κ1) is 13.8. The number of methoxy groups -OCH3 is 1. The van der Waals surface area contributed by atoms with Gasteiger partial charge in [0.25, 0.3) is 0 Å². The summed E-state index contributed by atoms with van der Waals surface area (Å²) in [7, 11) is 1.46. The molecule has 3 heteroatoms. The maximum Gasteiger partial charge on any atom is 0.327 e. The van der Waals surface area contributed by atoms with Crippen LogP contribution in [0.3, 0.4) is 0 Å². The maximum absolute atomic E-state index is 12.3. The van der Waals surface area contributed by atoms with Crippen LogP contribution in [-0.2, 0) is 22.5 Å². The van der Waals surface area contributed by atoms with Crippen molar-refractivity contribution >= 4 is 5.97 Å². The Kier molecular flexibility index (Phi) is 4.02. The molecule has 0 saturated carbocycles. The third kappa shape index (κ3) is 2.83. The first-order valence-electron chi connectivity index (χ1n) is 7.23. The van der Waals surface area contributed by atoms with Crippen LogP contribution >= 0.6 is 0 Å². The molecule has 108 valence electrons. The minimum absolute atomic E-state index is 0.182. The second-order valence-corrected chi connectivity index (χ2v) is 5.33. The summed E-state index contributed by atoms with van der Waals surface area (Å²) < 4.78 is 5.03. The van der Waals surface area contributed by atoms with Gasteiger partial charge in [-0.1, -0.05) is 54.6 Å². The summed E-state index contributed by atoms with van der Waals surface area (Å²) in [5.41, 5.74) is 3.54. The smallest absolute Gasteiger partial charge is 0.327 e. The number of benzene rings is 2. The second kappa shape index (κ2) is 6.10. The van der Waals surface area contributed by atoms with Crippen molar-refractivity contribution in [1.29, 1.82) is 0 Å². The Hall–Kier alpha value is -2.13. The molecule has 0 aromatic heterocycles. The predicted octanol–water partition coefficient (Wildman–Crippen LogP) is 2.96. The monoisotopic (exact) mass is 281 g/mol. The zero-order valence-corrected chi connectivity index (χ0v) is 12.2. The second-order valence-electron chi connectivity index (χ2n) is 5.33. The molecule has 1 aliphatic heterocycles. The average molecular weight is 281 g/mol. The van der Waals surface area contributed by atoms with Gasteiger partial charge in [0.2, 0.25) is 0 Å². The van der Waals surface area contributed by atoms with Crippen molar-refractivity contribution in [2.45, 2.75) is 19.0 Å². The van der Waals surface area contributed by atoms with E-state index in [1.54, 1.807) is 0 Å². The summed E-state index contributed by atoms with van der Waals surface area (Å²) in [6, 6.07) is 18.1. The molecule has 0 N–H and O–H groups in total. The lowest BCUT2D eigenvalue weighted by molar-refractivity contribution is -0.148. The summed E-state index contributed by atoms with van der Waals surface area (Å²) >= 11 is 0. The lowest BCUT2D eigenvalue weighted by Gasteiger charge is -2.35. The Bertz CT molecular complexity index is 624. The number of carbonyl (C=O) groups excluding carboxylic acids is 1. The standard InChI is InChI=1S/C18H19NO2/c1-21-18(20)17-16-10-6-5-9-15(16)11-12-19(17)13-14-7-3-2-4-8-14/h2-10,17H,11-13H2,1H3. The van der Waals surface area contributed by atoms with Gasteiger partial charge in [-0.15, -0.1) is 0 Å². The lowest BCUT2D eigenvalue weighted by Crippen LogP contribution is -2.39. The Morgan fingerprint density at radius 1 is 1.14 bits per heavy atom. The van der Waals surface area contributed by atoms with Crippen molar-refractivity contribution in [1.82, 2.24) is 4.90 Å². The normalized spacial score (nSPS) is 18.0. The average Bonchev–Trinajstić information content (AvgIpc) is 2.55. The van der Waals surface area contributed by atoms with Crippen molar-refractivity contribution in [3.8, 4) is 0 Å². The number of hydrogen-bond donors (Lipinski definition) is 0. The lowest BCUT2D eigenvalue weighted by atomic mass is 9.92. The van der Waals surface area contributed by atoms with Gasteiger partial charge < -0.3 is 4.74 Å². The van der Waals surface area contributed by atoms with Gasteiger partial charge >= 0.3 is 5.97 Å². The molecule has 0 aliphatic carbocycles. The number of rotatable bonds is 3. The molecule has 3 nitrogen and oxygen atoms in total. The third-order valence-electron chi connectivity index (χ3n) is 4.04. The van der Waals surface area contributed by atoms with E-state index >= 15 is 0 Å². The van der Waals surface area contributed by atoms with Gasteiger partial charge in [-0.3, -0.25) is 4.90 Å². The van der Waals surface area contributed by atoms with E-state index in [0.29, 0.717) is 0 Å². The summed E-state index contributed by atoms with van der Waals surface area (Å²) in [5, 5.41) is 0. The van der Waals surface area contributed by atoms with E-state index in [0.717, 1.165) is 25.1 Å². The van der Waals surface area contributed by atoms with Crippen LogP contribution in [-0.4, -0.2) is 24.5 Å². The minimum atomic E-state index is -0.305. The molecule has 1 heterocycles. The summed E-state index contributed by atoms with van der Waals surface area (Å²) in [6.45, 7) is 1.63. The van der Waals surface area contributed by atoms with Gasteiger partial charge in [0, 0.05) is 13.1 Å². The number of esters is 1. The number of hydrogen-bond acceptors (Lipinski definition) is 3. The molecule has 1 unspecified atom stereocenters. The fraction of sp³-hybridized carbons (Fsp3) is 0.278. The molecular formula is C18H19NO2. The highest BCUT2D eigenvalue weighted by Gasteiger charge is 2.33. The Morgan fingerprint density at radius 2 is 1.86 bits per heavy atom. The highest BCUT2D eigenvalue weighted by Crippen LogP contribution is 2.31. The Balaban J connectivity index is 1.92. The predicted molar refractivity (Wildman–Crippen MR) is 81.8 cm³/mol. The van der Waals surface area contributed by atoms with Gasteiger partial charge in [0.1, 0.15) is 6.04 Å². The Morgan fingerprint density at radius 3 is 2.62 bits per heavy atom. The number of ether oxygens (including phenoxy) is 1.